The van der Waals surface area contributed by atoms with E-state index < -0.39 is 0 Å². The quantitative estimate of drug-likeness (QED) is 0.835. The van der Waals surface area contributed by atoms with Crippen molar-refractivity contribution in [2.45, 2.75) is 26.0 Å². The molecule has 1 unspecified atom stereocenters. The van der Waals surface area contributed by atoms with Gasteiger partial charge in [-0.3, -0.25) is 4.90 Å². The first-order valence-electron chi connectivity index (χ1n) is 7.72. The van der Waals surface area contributed by atoms with Crippen LogP contribution in [0.4, 0.5) is 0 Å². The van der Waals surface area contributed by atoms with Gasteiger partial charge < -0.3 is 14.4 Å². The first kappa shape index (κ1) is 16.6. The molecule has 1 aromatic carbocycles. The van der Waals surface area contributed by atoms with E-state index in [2.05, 4.69) is 22.9 Å². The Balaban J connectivity index is 2.23. The molecule has 0 amide bonds. The lowest BCUT2D eigenvalue weighted by Gasteiger charge is -2.35. The molecule has 0 saturated carbocycles. The molecule has 1 atom stereocenters. The second-order valence-corrected chi connectivity index (χ2v) is 5.95. The summed E-state index contributed by atoms with van der Waals surface area (Å²) in [4.78, 5) is 4.51. The highest BCUT2D eigenvalue weighted by Crippen LogP contribution is 2.33. The molecular weight excluding hydrogens is 278 g/mol. The fourth-order valence-electron chi connectivity index (χ4n) is 2.66. The Bertz CT molecular complexity index is 531. The molecule has 1 aromatic rings. The van der Waals surface area contributed by atoms with E-state index in [-0.39, 0.29) is 12.1 Å². The molecule has 22 heavy (non-hydrogen) atoms. The van der Waals surface area contributed by atoms with Gasteiger partial charge in [-0.2, -0.15) is 5.26 Å². The molecule has 5 nitrogen and oxygen atoms in total. The Morgan fingerprint density at radius 1 is 1.14 bits per heavy atom. The minimum absolute atomic E-state index is 0.0633. The molecule has 2 rings (SSSR count). The summed E-state index contributed by atoms with van der Waals surface area (Å²) in [6.45, 7) is 7.75. The first-order valence-corrected chi connectivity index (χ1v) is 7.72. The fourth-order valence-corrected chi connectivity index (χ4v) is 2.66. The number of piperazine rings is 1. The number of ether oxygens (including phenoxy) is 2. The highest BCUT2D eigenvalue weighted by molar-refractivity contribution is 5.45. The lowest BCUT2D eigenvalue weighted by Crippen LogP contribution is -2.45. The molecule has 1 aliphatic rings. The molecule has 1 heterocycles. The van der Waals surface area contributed by atoms with Gasteiger partial charge in [0.25, 0.3) is 0 Å². The van der Waals surface area contributed by atoms with E-state index in [1.165, 1.54) is 0 Å². The molecule has 0 aromatic heterocycles. The zero-order chi connectivity index (χ0) is 16.1. The summed E-state index contributed by atoms with van der Waals surface area (Å²) in [6.07, 6.45) is 0.0633. The summed E-state index contributed by atoms with van der Waals surface area (Å²) in [5.74, 6) is 1.40. The van der Waals surface area contributed by atoms with Gasteiger partial charge >= 0.3 is 0 Å². The standard InChI is InChI=1S/C17H25N3O2/c1-13(2)22-17-11-14(5-6-16(17)21-4)15(12-18)20-9-7-19(3)8-10-20/h5-6,11,13,15H,7-10H2,1-4H3. The number of benzene rings is 1. The van der Waals surface area contributed by atoms with E-state index in [9.17, 15) is 5.26 Å². The van der Waals surface area contributed by atoms with Gasteiger partial charge in [0, 0.05) is 26.2 Å². The van der Waals surface area contributed by atoms with Gasteiger partial charge in [-0.25, -0.2) is 0 Å². The largest absolute Gasteiger partial charge is 0.493 e. The molecule has 120 valence electrons. The third-order valence-electron chi connectivity index (χ3n) is 3.89. The van der Waals surface area contributed by atoms with Crippen LogP contribution in [-0.2, 0) is 0 Å². The third-order valence-corrected chi connectivity index (χ3v) is 3.89. The molecule has 1 fully saturated rings. The second-order valence-electron chi connectivity index (χ2n) is 5.95. The van der Waals surface area contributed by atoms with Crippen molar-refractivity contribution < 1.29 is 9.47 Å². The van der Waals surface area contributed by atoms with Crippen LogP contribution < -0.4 is 9.47 Å². The van der Waals surface area contributed by atoms with Crippen molar-refractivity contribution in [3.63, 3.8) is 0 Å². The fraction of sp³-hybridized carbons (Fsp3) is 0.588. The summed E-state index contributed by atoms with van der Waals surface area (Å²) < 4.78 is 11.2. The van der Waals surface area contributed by atoms with Gasteiger partial charge in [-0.15, -0.1) is 0 Å². The summed E-state index contributed by atoms with van der Waals surface area (Å²) >= 11 is 0. The van der Waals surface area contributed by atoms with Gasteiger partial charge in [0.05, 0.1) is 19.3 Å². The van der Waals surface area contributed by atoms with Crippen molar-refractivity contribution in [3.05, 3.63) is 23.8 Å². The van der Waals surface area contributed by atoms with Crippen LogP contribution in [-0.4, -0.2) is 56.2 Å². The predicted molar refractivity (Wildman–Crippen MR) is 86.2 cm³/mol. The van der Waals surface area contributed by atoms with Crippen molar-refractivity contribution in [2.75, 3.05) is 40.3 Å². The average Bonchev–Trinajstić information content (AvgIpc) is 2.49. The Kier molecular flexibility index (Phi) is 5.64. The average molecular weight is 303 g/mol. The summed E-state index contributed by atoms with van der Waals surface area (Å²) in [6, 6.07) is 7.96. The zero-order valence-electron chi connectivity index (χ0n) is 13.9. The van der Waals surface area contributed by atoms with E-state index in [0.717, 1.165) is 31.7 Å². The molecular formula is C17H25N3O2. The second kappa shape index (κ2) is 7.48. The number of nitrogens with zero attached hydrogens (tertiary/aromatic N) is 3. The van der Waals surface area contributed by atoms with Crippen LogP contribution in [0, 0.1) is 11.3 Å². The van der Waals surface area contributed by atoms with Crippen LogP contribution in [0.2, 0.25) is 0 Å². The zero-order valence-corrected chi connectivity index (χ0v) is 13.9. The molecule has 0 spiro atoms. The van der Waals surface area contributed by atoms with Crippen LogP contribution in [0.3, 0.4) is 0 Å². The summed E-state index contributed by atoms with van der Waals surface area (Å²) in [5, 5.41) is 9.62. The van der Waals surface area contributed by atoms with Gasteiger partial charge in [-0.1, -0.05) is 6.07 Å². The summed E-state index contributed by atoms with van der Waals surface area (Å²) in [5.41, 5.74) is 0.962. The summed E-state index contributed by atoms with van der Waals surface area (Å²) in [7, 11) is 3.74. The van der Waals surface area contributed by atoms with Crippen molar-refractivity contribution in [1.29, 1.82) is 5.26 Å². The molecule has 0 radical (unpaired) electrons. The lowest BCUT2D eigenvalue weighted by atomic mass is 10.0. The van der Waals surface area contributed by atoms with Crippen LogP contribution in [0.15, 0.2) is 18.2 Å². The van der Waals surface area contributed by atoms with E-state index in [4.69, 9.17) is 9.47 Å². The highest BCUT2D eigenvalue weighted by atomic mass is 16.5. The van der Waals surface area contributed by atoms with Crippen LogP contribution in [0.5, 0.6) is 11.5 Å². The van der Waals surface area contributed by atoms with E-state index in [1.54, 1.807) is 7.11 Å². The molecule has 0 bridgehead atoms. The maximum absolute atomic E-state index is 9.62. The van der Waals surface area contributed by atoms with Crippen molar-refractivity contribution in [1.82, 2.24) is 9.80 Å². The van der Waals surface area contributed by atoms with E-state index >= 15 is 0 Å². The minimum atomic E-state index is -0.242. The van der Waals surface area contributed by atoms with E-state index in [0.29, 0.717) is 11.5 Å². The maximum Gasteiger partial charge on any atom is 0.161 e. The molecule has 5 heteroatoms. The Morgan fingerprint density at radius 2 is 1.82 bits per heavy atom. The van der Waals surface area contributed by atoms with Gasteiger partial charge in [0.2, 0.25) is 0 Å². The monoisotopic (exact) mass is 303 g/mol. The Labute approximate surface area is 133 Å². The van der Waals surface area contributed by atoms with Gasteiger partial charge in [0.1, 0.15) is 6.04 Å². The topological polar surface area (TPSA) is 48.7 Å². The SMILES string of the molecule is COc1ccc(C(C#N)N2CCN(C)CC2)cc1OC(C)C. The molecule has 1 saturated heterocycles. The minimum Gasteiger partial charge on any atom is -0.493 e. The van der Waals surface area contributed by atoms with Crippen LogP contribution in [0.25, 0.3) is 0 Å². The highest BCUT2D eigenvalue weighted by Gasteiger charge is 2.24. The third kappa shape index (κ3) is 3.90. The van der Waals surface area contributed by atoms with Gasteiger partial charge in [0.15, 0.2) is 11.5 Å². The Morgan fingerprint density at radius 3 is 2.36 bits per heavy atom. The first-order chi connectivity index (χ1) is 10.5. The van der Waals surface area contributed by atoms with Gasteiger partial charge in [-0.05, 0) is 38.6 Å². The number of hydrogen-bond acceptors (Lipinski definition) is 5. The van der Waals surface area contributed by atoms with Crippen molar-refractivity contribution >= 4 is 0 Å². The van der Waals surface area contributed by atoms with Crippen LogP contribution in [0.1, 0.15) is 25.5 Å². The predicted octanol–water partition coefficient (Wildman–Crippen LogP) is 2.29. The van der Waals surface area contributed by atoms with E-state index in [1.807, 2.05) is 32.0 Å². The molecule has 0 N–H and O–H groups in total. The number of hydrogen-bond donors (Lipinski definition) is 0. The van der Waals surface area contributed by atoms with Crippen molar-refractivity contribution in [2.24, 2.45) is 0 Å². The molecule has 1 aliphatic heterocycles. The van der Waals surface area contributed by atoms with Crippen molar-refractivity contribution in [3.8, 4) is 17.6 Å². The number of rotatable bonds is 5. The molecule has 0 aliphatic carbocycles. The lowest BCUT2D eigenvalue weighted by molar-refractivity contribution is 0.132. The number of methoxy groups -OCH3 is 1. The number of nitriles is 1. The Hall–Kier alpha value is -1.77. The maximum atomic E-state index is 9.62. The normalized spacial score (nSPS) is 18.0. The number of likely N-dealkylation sites (N-methyl/N-ethyl adjacent to an activating group) is 1. The van der Waals surface area contributed by atoms with Crippen LogP contribution >= 0.6 is 0 Å². The smallest absolute Gasteiger partial charge is 0.161 e.